The molecule has 26 heavy (non-hydrogen) atoms. The first-order valence-corrected chi connectivity index (χ1v) is 8.65. The molecular formula is C18H17N3O4S. The number of aryl methyl sites for hydroxylation is 2. The minimum atomic E-state index is -0.449. The van der Waals surface area contributed by atoms with E-state index in [1.807, 2.05) is 13.8 Å². The fourth-order valence-corrected chi connectivity index (χ4v) is 3.53. The molecule has 0 saturated heterocycles. The lowest BCUT2D eigenvalue weighted by molar-refractivity contribution is -0.116. The first-order valence-electron chi connectivity index (χ1n) is 7.84. The summed E-state index contributed by atoms with van der Waals surface area (Å²) in [6.07, 6.45) is 1.39. The monoisotopic (exact) mass is 371 g/mol. The summed E-state index contributed by atoms with van der Waals surface area (Å²) in [5, 5.41) is 3.25. The number of esters is 1. The molecule has 2 heterocycles. The Morgan fingerprint density at radius 2 is 1.92 bits per heavy atom. The van der Waals surface area contributed by atoms with Gasteiger partial charge in [-0.1, -0.05) is 0 Å². The quantitative estimate of drug-likeness (QED) is 0.712. The van der Waals surface area contributed by atoms with Crippen LogP contribution in [-0.4, -0.2) is 28.5 Å². The van der Waals surface area contributed by atoms with Gasteiger partial charge in [0.1, 0.15) is 11.4 Å². The number of ether oxygens (including phenoxy) is 1. The molecule has 2 aromatic heterocycles. The van der Waals surface area contributed by atoms with Gasteiger partial charge in [0.05, 0.1) is 24.4 Å². The van der Waals surface area contributed by atoms with Crippen molar-refractivity contribution < 1.29 is 14.3 Å². The number of carbonyl (C=O) groups is 2. The van der Waals surface area contributed by atoms with Crippen molar-refractivity contribution in [2.45, 2.75) is 20.4 Å². The maximum absolute atomic E-state index is 12.6. The average molecular weight is 371 g/mol. The molecule has 0 aliphatic rings. The van der Waals surface area contributed by atoms with Gasteiger partial charge in [0, 0.05) is 10.6 Å². The zero-order chi connectivity index (χ0) is 18.8. The van der Waals surface area contributed by atoms with Gasteiger partial charge in [-0.25, -0.2) is 9.78 Å². The third-order valence-corrected chi connectivity index (χ3v) is 5.17. The maximum atomic E-state index is 12.6. The molecule has 134 valence electrons. The molecule has 0 aliphatic heterocycles. The molecule has 0 spiro atoms. The van der Waals surface area contributed by atoms with Crippen molar-refractivity contribution in [1.82, 2.24) is 9.55 Å². The van der Waals surface area contributed by atoms with Crippen molar-refractivity contribution in [3.63, 3.8) is 0 Å². The predicted octanol–water partition coefficient (Wildman–Crippen LogP) is 2.50. The molecule has 8 heteroatoms. The number of hydrogen-bond acceptors (Lipinski definition) is 6. The van der Waals surface area contributed by atoms with Crippen molar-refractivity contribution in [1.29, 1.82) is 0 Å². The number of thiophene rings is 1. The van der Waals surface area contributed by atoms with Crippen LogP contribution in [0.4, 0.5) is 5.69 Å². The highest BCUT2D eigenvalue weighted by Gasteiger charge is 2.14. The first kappa shape index (κ1) is 17.8. The van der Waals surface area contributed by atoms with Gasteiger partial charge in [0.15, 0.2) is 0 Å². The van der Waals surface area contributed by atoms with Crippen LogP contribution >= 0.6 is 11.3 Å². The summed E-state index contributed by atoms with van der Waals surface area (Å²) in [7, 11) is 1.30. The van der Waals surface area contributed by atoms with Crippen LogP contribution in [0.25, 0.3) is 10.2 Å². The summed E-state index contributed by atoms with van der Waals surface area (Å²) in [4.78, 5) is 42.3. The maximum Gasteiger partial charge on any atom is 0.337 e. The molecular weight excluding hydrogens is 354 g/mol. The highest BCUT2D eigenvalue weighted by molar-refractivity contribution is 7.18. The van der Waals surface area contributed by atoms with Gasteiger partial charge in [-0.05, 0) is 43.7 Å². The third-order valence-electron chi connectivity index (χ3n) is 4.06. The fourth-order valence-electron chi connectivity index (χ4n) is 2.55. The number of aromatic nitrogens is 2. The van der Waals surface area contributed by atoms with E-state index in [1.165, 1.54) is 29.3 Å². The second-order valence-electron chi connectivity index (χ2n) is 5.76. The zero-order valence-electron chi connectivity index (χ0n) is 14.5. The molecule has 7 nitrogen and oxygen atoms in total. The Hall–Kier alpha value is -3.00. The smallest absolute Gasteiger partial charge is 0.337 e. The number of fused-ring (bicyclic) bond motifs is 1. The van der Waals surface area contributed by atoms with Crippen LogP contribution < -0.4 is 10.9 Å². The van der Waals surface area contributed by atoms with Crippen LogP contribution in [0.2, 0.25) is 0 Å². The average Bonchev–Trinajstić information content (AvgIpc) is 2.92. The van der Waals surface area contributed by atoms with Crippen LogP contribution in [0.5, 0.6) is 0 Å². The van der Waals surface area contributed by atoms with Crippen LogP contribution in [-0.2, 0) is 16.1 Å². The number of anilines is 1. The normalized spacial score (nSPS) is 10.7. The number of benzene rings is 1. The summed E-state index contributed by atoms with van der Waals surface area (Å²) in [6.45, 7) is 3.68. The minimum Gasteiger partial charge on any atom is -0.465 e. The number of nitrogens with one attached hydrogen (secondary N) is 1. The van der Waals surface area contributed by atoms with E-state index in [2.05, 4.69) is 15.0 Å². The summed E-state index contributed by atoms with van der Waals surface area (Å²) < 4.78 is 5.92. The Morgan fingerprint density at radius 1 is 1.23 bits per heavy atom. The molecule has 0 saturated carbocycles. The van der Waals surface area contributed by atoms with E-state index in [0.717, 1.165) is 10.4 Å². The zero-order valence-corrected chi connectivity index (χ0v) is 15.3. The predicted molar refractivity (Wildman–Crippen MR) is 99.8 cm³/mol. The summed E-state index contributed by atoms with van der Waals surface area (Å²) in [6, 6.07) is 6.30. The van der Waals surface area contributed by atoms with Crippen LogP contribution in [0.3, 0.4) is 0 Å². The second kappa shape index (κ2) is 7.09. The van der Waals surface area contributed by atoms with Gasteiger partial charge in [-0.3, -0.25) is 14.2 Å². The van der Waals surface area contributed by atoms with Crippen molar-refractivity contribution >= 4 is 39.1 Å². The minimum absolute atomic E-state index is 0.144. The Bertz CT molecular complexity index is 1050. The van der Waals surface area contributed by atoms with Gasteiger partial charge in [0.2, 0.25) is 5.91 Å². The number of methoxy groups -OCH3 is 1. The van der Waals surface area contributed by atoms with E-state index in [0.29, 0.717) is 21.5 Å². The molecule has 3 aromatic rings. The van der Waals surface area contributed by atoms with E-state index in [4.69, 9.17) is 0 Å². The number of hydrogen-bond donors (Lipinski definition) is 1. The number of carbonyl (C=O) groups excluding carboxylic acids is 2. The first-order chi connectivity index (χ1) is 12.4. The van der Waals surface area contributed by atoms with E-state index in [-0.39, 0.29) is 18.0 Å². The van der Waals surface area contributed by atoms with Gasteiger partial charge < -0.3 is 10.1 Å². The van der Waals surface area contributed by atoms with Crippen molar-refractivity contribution in [3.05, 3.63) is 57.0 Å². The number of amides is 1. The van der Waals surface area contributed by atoms with Crippen LogP contribution in [0.15, 0.2) is 35.4 Å². The Balaban J connectivity index is 1.77. The molecule has 0 bridgehead atoms. The van der Waals surface area contributed by atoms with Crippen molar-refractivity contribution in [2.75, 3.05) is 12.4 Å². The van der Waals surface area contributed by atoms with Gasteiger partial charge in [0.25, 0.3) is 5.56 Å². The second-order valence-corrected chi connectivity index (χ2v) is 6.96. The van der Waals surface area contributed by atoms with E-state index >= 15 is 0 Å². The van der Waals surface area contributed by atoms with Crippen LogP contribution in [0.1, 0.15) is 20.8 Å². The highest BCUT2D eigenvalue weighted by atomic mass is 32.1. The topological polar surface area (TPSA) is 90.3 Å². The lowest BCUT2D eigenvalue weighted by Gasteiger charge is -2.08. The van der Waals surface area contributed by atoms with Crippen molar-refractivity contribution in [2.24, 2.45) is 0 Å². The van der Waals surface area contributed by atoms with E-state index < -0.39 is 5.97 Å². The fraction of sp³-hybridized carbons (Fsp3) is 0.222. The SMILES string of the molecule is COC(=O)c1ccc(NC(=O)Cn2cnc3sc(C)c(C)c3c2=O)cc1. The van der Waals surface area contributed by atoms with Crippen LogP contribution in [0, 0.1) is 13.8 Å². The molecule has 1 amide bonds. The molecule has 1 N–H and O–H groups in total. The number of rotatable bonds is 4. The number of nitrogens with zero attached hydrogens (tertiary/aromatic N) is 2. The molecule has 0 fully saturated rings. The Morgan fingerprint density at radius 3 is 2.58 bits per heavy atom. The van der Waals surface area contributed by atoms with E-state index in [1.54, 1.807) is 24.3 Å². The molecule has 0 aliphatic carbocycles. The molecule has 0 unspecified atom stereocenters. The highest BCUT2D eigenvalue weighted by Crippen LogP contribution is 2.25. The molecule has 3 rings (SSSR count). The van der Waals surface area contributed by atoms with E-state index in [9.17, 15) is 14.4 Å². The summed E-state index contributed by atoms with van der Waals surface area (Å²) in [5.41, 5.74) is 1.58. The molecule has 1 aromatic carbocycles. The van der Waals surface area contributed by atoms with Gasteiger partial charge in [-0.15, -0.1) is 11.3 Å². The largest absolute Gasteiger partial charge is 0.465 e. The summed E-state index contributed by atoms with van der Waals surface area (Å²) >= 11 is 1.47. The lowest BCUT2D eigenvalue weighted by atomic mass is 10.2. The van der Waals surface area contributed by atoms with Gasteiger partial charge in [-0.2, -0.15) is 0 Å². The molecule has 0 radical (unpaired) electrons. The standard InChI is InChI=1S/C18H17N3O4S/c1-10-11(2)26-16-15(10)17(23)21(9-19-16)8-14(22)20-13-6-4-12(5-7-13)18(24)25-3/h4-7,9H,8H2,1-3H3,(H,20,22). The lowest BCUT2D eigenvalue weighted by Crippen LogP contribution is -2.27. The van der Waals surface area contributed by atoms with Gasteiger partial charge >= 0.3 is 5.97 Å². The Labute approximate surface area is 153 Å². The molecule has 0 atom stereocenters. The van der Waals surface area contributed by atoms with Crippen molar-refractivity contribution in [3.8, 4) is 0 Å². The summed E-state index contributed by atoms with van der Waals surface area (Å²) in [5.74, 6) is -0.807. The third kappa shape index (κ3) is 3.36. The Kier molecular flexibility index (Phi) is 4.85.